The normalized spacial score (nSPS) is 13.5. The first-order valence-corrected chi connectivity index (χ1v) is 11.0. The minimum absolute atomic E-state index is 0. The van der Waals surface area contributed by atoms with Crippen LogP contribution in [0.15, 0.2) is 33.4 Å². The molecule has 0 amide bonds. The molecular formula is C19H18BrFN4OS3. The molecular weight excluding hydrogens is 495 g/mol. The number of aryl methyl sites for hydroxylation is 2. The largest absolute Gasteiger partial charge is 1.00 e. The molecule has 0 spiro atoms. The maximum absolute atomic E-state index is 13.6. The van der Waals surface area contributed by atoms with E-state index in [2.05, 4.69) is 4.99 Å². The van der Waals surface area contributed by atoms with E-state index in [1.54, 1.807) is 46.6 Å². The van der Waals surface area contributed by atoms with Gasteiger partial charge in [-0.2, -0.15) is 4.57 Å². The molecule has 29 heavy (non-hydrogen) atoms. The summed E-state index contributed by atoms with van der Waals surface area (Å²) in [5.74, 6) is -0.258. The van der Waals surface area contributed by atoms with Crippen LogP contribution < -0.4 is 41.1 Å². The summed E-state index contributed by atoms with van der Waals surface area (Å²) in [5.41, 5.74) is 1.88. The lowest BCUT2D eigenvalue weighted by Crippen LogP contribution is -3.00. The molecule has 0 aliphatic carbocycles. The molecule has 152 valence electrons. The number of rotatable bonds is 2. The van der Waals surface area contributed by atoms with Gasteiger partial charge >= 0.3 is 0 Å². The number of halogens is 2. The Morgan fingerprint density at radius 3 is 2.66 bits per heavy atom. The summed E-state index contributed by atoms with van der Waals surface area (Å²) in [6, 6.07) is 4.77. The standard InChI is InChI=1S/C19H18FN4OS3.BrH/c1-11-10-26-19(22(11)2)21-9-15-18(25)24(4)17(28-15)8-16-23(3)13-7-12(20)5-6-14(13)27-16;/h5-10H,1-4H3;1H/q+1;/p-1/b15-9-,21-19?;. The first kappa shape index (κ1) is 21.8. The second-order valence-corrected chi connectivity index (χ2v) is 9.36. The van der Waals surface area contributed by atoms with Gasteiger partial charge in [0.1, 0.15) is 26.8 Å². The van der Waals surface area contributed by atoms with E-state index in [1.165, 1.54) is 23.5 Å². The summed E-state index contributed by atoms with van der Waals surface area (Å²) in [6.45, 7) is 2.02. The lowest BCUT2D eigenvalue weighted by Gasteiger charge is -1.91. The number of hydrogen-bond acceptors (Lipinski definition) is 5. The van der Waals surface area contributed by atoms with Gasteiger partial charge in [0.15, 0.2) is 4.80 Å². The SMILES string of the molecule is Cc1csc(=N/C=c2\s/c(=C\c3sc4ccc(F)cc4[n+]3C)n(C)c2=O)n1C.[Br-]. The zero-order valence-electron chi connectivity index (χ0n) is 16.1. The maximum Gasteiger partial charge on any atom is 0.270 e. The number of hydrogen-bond donors (Lipinski definition) is 0. The molecule has 4 aromatic rings. The van der Waals surface area contributed by atoms with Crippen LogP contribution in [-0.4, -0.2) is 9.13 Å². The molecule has 0 saturated carbocycles. The van der Waals surface area contributed by atoms with Gasteiger partial charge in [0.25, 0.3) is 10.6 Å². The molecule has 0 unspecified atom stereocenters. The second-order valence-electron chi connectivity index (χ2n) is 6.40. The number of fused-ring (bicyclic) bond motifs is 1. The highest BCUT2D eigenvalue weighted by Gasteiger charge is 2.16. The van der Waals surface area contributed by atoms with Crippen molar-refractivity contribution in [3.05, 3.63) is 64.4 Å². The number of thiazole rings is 3. The average molecular weight is 513 g/mol. The Morgan fingerprint density at radius 2 is 1.97 bits per heavy atom. The molecule has 3 heterocycles. The quantitative estimate of drug-likeness (QED) is 0.301. The summed E-state index contributed by atoms with van der Waals surface area (Å²) in [4.78, 5) is 17.9. The number of aromatic nitrogens is 3. The fraction of sp³-hybridized carbons (Fsp3) is 0.211. The van der Waals surface area contributed by atoms with Crippen molar-refractivity contribution in [1.29, 1.82) is 0 Å². The van der Waals surface area contributed by atoms with Gasteiger partial charge in [-0.1, -0.05) is 11.3 Å². The molecule has 0 aliphatic rings. The Morgan fingerprint density at radius 1 is 1.21 bits per heavy atom. The summed E-state index contributed by atoms with van der Waals surface area (Å²) in [5, 5.41) is 2.98. The Kier molecular flexibility index (Phi) is 6.37. The van der Waals surface area contributed by atoms with E-state index in [0.29, 0.717) is 4.53 Å². The summed E-state index contributed by atoms with van der Waals surface area (Å²) in [7, 11) is 5.61. The third-order valence-electron chi connectivity index (χ3n) is 4.58. The highest BCUT2D eigenvalue weighted by atomic mass is 79.9. The minimum atomic E-state index is -0.258. The van der Waals surface area contributed by atoms with E-state index in [9.17, 15) is 9.18 Å². The van der Waals surface area contributed by atoms with Gasteiger partial charge in [-0.15, -0.1) is 22.7 Å². The lowest BCUT2D eigenvalue weighted by molar-refractivity contribution is -0.642. The molecule has 5 nitrogen and oxygen atoms in total. The van der Waals surface area contributed by atoms with Crippen LogP contribution in [0.1, 0.15) is 10.7 Å². The molecule has 1 aromatic carbocycles. The number of nitrogens with zero attached hydrogens (tertiary/aromatic N) is 4. The van der Waals surface area contributed by atoms with E-state index < -0.39 is 0 Å². The lowest BCUT2D eigenvalue weighted by atomic mass is 10.3. The van der Waals surface area contributed by atoms with Crippen LogP contribution in [0.25, 0.3) is 22.5 Å². The van der Waals surface area contributed by atoms with E-state index in [-0.39, 0.29) is 28.4 Å². The van der Waals surface area contributed by atoms with Crippen LogP contribution in [0.3, 0.4) is 0 Å². The Labute approximate surface area is 188 Å². The third kappa shape index (κ3) is 4.07. The maximum atomic E-state index is 13.6. The van der Waals surface area contributed by atoms with E-state index in [1.807, 2.05) is 41.6 Å². The van der Waals surface area contributed by atoms with Crippen LogP contribution in [0.4, 0.5) is 4.39 Å². The fourth-order valence-corrected chi connectivity index (χ4v) is 5.68. The van der Waals surface area contributed by atoms with Gasteiger partial charge in [0.2, 0.25) is 5.52 Å². The van der Waals surface area contributed by atoms with Crippen molar-refractivity contribution in [2.45, 2.75) is 6.92 Å². The average Bonchev–Trinajstić information content (AvgIpc) is 3.25. The molecule has 10 heteroatoms. The molecule has 0 aliphatic heterocycles. The van der Waals surface area contributed by atoms with E-state index >= 15 is 0 Å². The van der Waals surface area contributed by atoms with Crippen LogP contribution in [-0.2, 0) is 21.1 Å². The van der Waals surface area contributed by atoms with Crippen molar-refractivity contribution in [3.63, 3.8) is 0 Å². The fourth-order valence-electron chi connectivity index (χ4n) is 2.75. The Balaban J connectivity index is 0.00000240. The van der Waals surface area contributed by atoms with Crippen molar-refractivity contribution in [2.24, 2.45) is 26.1 Å². The van der Waals surface area contributed by atoms with Crippen molar-refractivity contribution in [3.8, 4) is 0 Å². The summed E-state index contributed by atoms with van der Waals surface area (Å²) < 4.78 is 21.5. The minimum Gasteiger partial charge on any atom is -1.00 e. The molecule has 0 radical (unpaired) electrons. The first-order chi connectivity index (χ1) is 13.3. The third-order valence-corrected chi connectivity index (χ3v) is 7.89. The van der Waals surface area contributed by atoms with Gasteiger partial charge in [0.05, 0.1) is 12.3 Å². The smallest absolute Gasteiger partial charge is 0.270 e. The van der Waals surface area contributed by atoms with Crippen LogP contribution >= 0.6 is 34.0 Å². The molecule has 0 saturated heterocycles. The highest BCUT2D eigenvalue weighted by Crippen LogP contribution is 2.21. The van der Waals surface area contributed by atoms with Gasteiger partial charge < -0.3 is 26.1 Å². The molecule has 0 fully saturated rings. The van der Waals surface area contributed by atoms with Crippen LogP contribution in [0.2, 0.25) is 0 Å². The Bertz CT molecular complexity index is 1460. The van der Waals surface area contributed by atoms with Crippen molar-refractivity contribution in [1.82, 2.24) is 9.13 Å². The first-order valence-electron chi connectivity index (χ1n) is 8.46. The van der Waals surface area contributed by atoms with Gasteiger partial charge in [0, 0.05) is 31.2 Å². The number of benzene rings is 1. The molecule has 3 aromatic heterocycles. The van der Waals surface area contributed by atoms with Gasteiger partial charge in [-0.25, -0.2) is 9.38 Å². The topological polar surface area (TPSA) is 43.2 Å². The molecule has 0 bridgehead atoms. The van der Waals surface area contributed by atoms with Crippen molar-refractivity contribution in [2.75, 3.05) is 0 Å². The monoisotopic (exact) mass is 512 g/mol. The predicted octanol–water partition coefficient (Wildman–Crippen LogP) is -1.49. The van der Waals surface area contributed by atoms with Gasteiger partial charge in [-0.3, -0.25) is 4.79 Å². The molecule has 0 atom stereocenters. The zero-order chi connectivity index (χ0) is 20.0. The van der Waals surface area contributed by atoms with E-state index in [0.717, 1.165) is 30.4 Å². The van der Waals surface area contributed by atoms with Crippen LogP contribution in [0.5, 0.6) is 0 Å². The zero-order valence-corrected chi connectivity index (χ0v) is 20.2. The van der Waals surface area contributed by atoms with Gasteiger partial charge in [-0.05, 0) is 19.1 Å². The van der Waals surface area contributed by atoms with Crippen molar-refractivity contribution >= 4 is 56.5 Å². The molecule has 4 rings (SSSR count). The van der Waals surface area contributed by atoms with Crippen LogP contribution in [0, 0.1) is 12.7 Å². The van der Waals surface area contributed by atoms with E-state index in [4.69, 9.17) is 0 Å². The molecule has 0 N–H and O–H groups in total. The highest BCUT2D eigenvalue weighted by molar-refractivity contribution is 7.19. The second kappa shape index (κ2) is 8.47. The van der Waals surface area contributed by atoms with Crippen molar-refractivity contribution < 1.29 is 25.9 Å². The summed E-state index contributed by atoms with van der Waals surface area (Å²) in [6.07, 6.45) is 3.59. The predicted molar refractivity (Wildman–Crippen MR) is 113 cm³/mol. The summed E-state index contributed by atoms with van der Waals surface area (Å²) >= 11 is 4.50. The Hall–Kier alpha value is -1.88.